The van der Waals surface area contributed by atoms with Crippen LogP contribution in [0.15, 0.2) is 42.9 Å². The second-order valence-corrected chi connectivity index (χ2v) is 4.30. The summed E-state index contributed by atoms with van der Waals surface area (Å²) < 4.78 is 5.13. The number of carbonyl (C=O) groups excluding carboxylic acids is 1. The van der Waals surface area contributed by atoms with Crippen LogP contribution in [-0.4, -0.2) is 23.0 Å². The van der Waals surface area contributed by atoms with Crippen LogP contribution in [0.3, 0.4) is 0 Å². The highest BCUT2D eigenvalue weighted by molar-refractivity contribution is 5.92. The van der Waals surface area contributed by atoms with Crippen LogP contribution in [0, 0.1) is 0 Å². The number of methoxy groups -OCH3 is 1. The summed E-state index contributed by atoms with van der Waals surface area (Å²) in [5.74, 6) is 0.574. The van der Waals surface area contributed by atoms with Crippen LogP contribution in [-0.2, 0) is 0 Å². The molecule has 1 amide bonds. The standard InChI is InChI=1S/C15H17N3O2/c1-3-13(11-4-6-12(20-2)7-5-11)18-15(19)14-10-16-8-9-17-14/h4-10,13H,3H2,1-2H3,(H,18,19)/t13-/m0/s1. The molecule has 0 saturated heterocycles. The number of aromatic nitrogens is 2. The average Bonchev–Trinajstić information content (AvgIpc) is 2.53. The maximum absolute atomic E-state index is 12.1. The van der Waals surface area contributed by atoms with Gasteiger partial charge < -0.3 is 10.1 Å². The number of nitrogens with zero attached hydrogens (tertiary/aromatic N) is 2. The van der Waals surface area contributed by atoms with Crippen molar-refractivity contribution in [3.8, 4) is 5.75 Å². The number of amides is 1. The predicted molar refractivity (Wildman–Crippen MR) is 75.5 cm³/mol. The molecule has 0 aliphatic carbocycles. The van der Waals surface area contributed by atoms with Gasteiger partial charge in [0, 0.05) is 12.4 Å². The quantitative estimate of drug-likeness (QED) is 0.906. The van der Waals surface area contributed by atoms with Gasteiger partial charge in [0.1, 0.15) is 11.4 Å². The molecule has 2 rings (SSSR count). The molecule has 5 heteroatoms. The molecule has 0 aliphatic rings. The Labute approximate surface area is 118 Å². The van der Waals surface area contributed by atoms with E-state index in [1.807, 2.05) is 31.2 Å². The molecule has 5 nitrogen and oxygen atoms in total. The summed E-state index contributed by atoms with van der Waals surface area (Å²) in [5, 5.41) is 2.95. The van der Waals surface area contributed by atoms with Crippen molar-refractivity contribution in [3.05, 3.63) is 54.1 Å². The Morgan fingerprint density at radius 3 is 2.60 bits per heavy atom. The first-order valence-corrected chi connectivity index (χ1v) is 6.45. The third-order valence-electron chi connectivity index (χ3n) is 3.03. The first-order chi connectivity index (χ1) is 9.74. The van der Waals surface area contributed by atoms with Gasteiger partial charge in [-0.25, -0.2) is 4.98 Å². The third-order valence-corrected chi connectivity index (χ3v) is 3.03. The average molecular weight is 271 g/mol. The Morgan fingerprint density at radius 2 is 2.05 bits per heavy atom. The van der Waals surface area contributed by atoms with Crippen molar-refractivity contribution in [3.63, 3.8) is 0 Å². The highest BCUT2D eigenvalue weighted by atomic mass is 16.5. The summed E-state index contributed by atoms with van der Waals surface area (Å²) in [6, 6.07) is 7.60. The van der Waals surface area contributed by atoms with E-state index in [2.05, 4.69) is 15.3 Å². The zero-order valence-electron chi connectivity index (χ0n) is 11.5. The highest BCUT2D eigenvalue weighted by Gasteiger charge is 2.15. The molecule has 1 atom stereocenters. The summed E-state index contributed by atoms with van der Waals surface area (Å²) in [4.78, 5) is 20.0. The normalized spacial score (nSPS) is 11.7. The molecule has 1 heterocycles. The fourth-order valence-electron chi connectivity index (χ4n) is 1.91. The summed E-state index contributed by atoms with van der Waals surface area (Å²) in [6.45, 7) is 2.02. The van der Waals surface area contributed by atoms with Crippen LogP contribution in [0.4, 0.5) is 0 Å². The van der Waals surface area contributed by atoms with E-state index in [-0.39, 0.29) is 11.9 Å². The van der Waals surface area contributed by atoms with Crippen molar-refractivity contribution in [1.82, 2.24) is 15.3 Å². The lowest BCUT2D eigenvalue weighted by molar-refractivity contribution is 0.0930. The van der Waals surface area contributed by atoms with Crippen molar-refractivity contribution < 1.29 is 9.53 Å². The lowest BCUT2D eigenvalue weighted by Crippen LogP contribution is -2.28. The van der Waals surface area contributed by atoms with E-state index >= 15 is 0 Å². The molecule has 20 heavy (non-hydrogen) atoms. The van der Waals surface area contributed by atoms with Crippen LogP contribution in [0.2, 0.25) is 0 Å². The second kappa shape index (κ2) is 6.65. The molecule has 0 saturated carbocycles. The van der Waals surface area contributed by atoms with Gasteiger partial charge in [-0.1, -0.05) is 19.1 Å². The van der Waals surface area contributed by atoms with Gasteiger partial charge >= 0.3 is 0 Å². The van der Waals surface area contributed by atoms with Crippen molar-refractivity contribution >= 4 is 5.91 Å². The molecule has 1 N–H and O–H groups in total. The minimum absolute atomic E-state index is 0.0598. The van der Waals surface area contributed by atoms with Gasteiger partial charge in [-0.05, 0) is 24.1 Å². The minimum atomic E-state index is -0.222. The van der Waals surface area contributed by atoms with Crippen LogP contribution < -0.4 is 10.1 Å². The molecule has 0 radical (unpaired) electrons. The molecule has 0 unspecified atom stereocenters. The third kappa shape index (κ3) is 3.32. The summed E-state index contributed by atoms with van der Waals surface area (Å²) >= 11 is 0. The molecule has 1 aromatic carbocycles. The smallest absolute Gasteiger partial charge is 0.271 e. The summed E-state index contributed by atoms with van der Waals surface area (Å²) in [7, 11) is 1.63. The minimum Gasteiger partial charge on any atom is -0.497 e. The molecular weight excluding hydrogens is 254 g/mol. The first kappa shape index (κ1) is 14.0. The predicted octanol–water partition coefficient (Wildman–Crippen LogP) is 2.37. The highest BCUT2D eigenvalue weighted by Crippen LogP contribution is 2.20. The van der Waals surface area contributed by atoms with Crippen LogP contribution in [0.1, 0.15) is 35.4 Å². The van der Waals surface area contributed by atoms with E-state index in [4.69, 9.17) is 4.74 Å². The molecule has 0 aliphatic heterocycles. The van der Waals surface area contributed by atoms with Gasteiger partial charge in [0.05, 0.1) is 19.3 Å². The number of hydrogen-bond donors (Lipinski definition) is 1. The van der Waals surface area contributed by atoms with Gasteiger partial charge in [0.25, 0.3) is 5.91 Å². The Balaban J connectivity index is 2.10. The largest absolute Gasteiger partial charge is 0.497 e. The van der Waals surface area contributed by atoms with Crippen LogP contribution >= 0.6 is 0 Å². The maximum Gasteiger partial charge on any atom is 0.271 e. The van der Waals surface area contributed by atoms with E-state index < -0.39 is 0 Å². The van der Waals surface area contributed by atoms with Gasteiger partial charge in [-0.3, -0.25) is 9.78 Å². The second-order valence-electron chi connectivity index (χ2n) is 4.30. The Kier molecular flexibility index (Phi) is 4.65. The van der Waals surface area contributed by atoms with Gasteiger partial charge in [0.15, 0.2) is 0 Å². The lowest BCUT2D eigenvalue weighted by atomic mass is 10.0. The fraction of sp³-hybridized carbons (Fsp3) is 0.267. The summed E-state index contributed by atoms with van der Waals surface area (Å²) in [6.07, 6.45) is 5.29. The van der Waals surface area contributed by atoms with Gasteiger partial charge in [-0.2, -0.15) is 0 Å². The van der Waals surface area contributed by atoms with Crippen molar-refractivity contribution in [1.29, 1.82) is 0 Å². The monoisotopic (exact) mass is 271 g/mol. The number of hydrogen-bond acceptors (Lipinski definition) is 4. The van der Waals surface area contributed by atoms with Crippen molar-refractivity contribution in [2.24, 2.45) is 0 Å². The molecule has 0 spiro atoms. The van der Waals surface area contributed by atoms with Crippen molar-refractivity contribution in [2.75, 3.05) is 7.11 Å². The van der Waals surface area contributed by atoms with Crippen molar-refractivity contribution in [2.45, 2.75) is 19.4 Å². The van der Waals surface area contributed by atoms with E-state index in [0.717, 1.165) is 17.7 Å². The molecular formula is C15H17N3O2. The lowest BCUT2D eigenvalue weighted by Gasteiger charge is -2.17. The van der Waals surface area contributed by atoms with Gasteiger partial charge in [0.2, 0.25) is 0 Å². The van der Waals surface area contributed by atoms with Crippen LogP contribution in [0.25, 0.3) is 0 Å². The SMILES string of the molecule is CC[C@H](NC(=O)c1cnccn1)c1ccc(OC)cc1. The fourth-order valence-corrected chi connectivity index (χ4v) is 1.91. The Morgan fingerprint density at radius 1 is 1.30 bits per heavy atom. The van der Waals surface area contributed by atoms with Crippen LogP contribution in [0.5, 0.6) is 5.75 Å². The number of nitrogens with one attached hydrogen (secondary N) is 1. The van der Waals surface area contributed by atoms with E-state index in [9.17, 15) is 4.79 Å². The zero-order valence-corrected chi connectivity index (χ0v) is 11.5. The maximum atomic E-state index is 12.1. The number of rotatable bonds is 5. The molecule has 2 aromatic rings. The van der Waals surface area contributed by atoms with E-state index in [1.165, 1.54) is 18.6 Å². The van der Waals surface area contributed by atoms with E-state index in [1.54, 1.807) is 7.11 Å². The number of carbonyl (C=O) groups is 1. The number of ether oxygens (including phenoxy) is 1. The zero-order chi connectivity index (χ0) is 14.4. The summed E-state index contributed by atoms with van der Waals surface area (Å²) in [5.41, 5.74) is 1.35. The Hall–Kier alpha value is -2.43. The topological polar surface area (TPSA) is 64.1 Å². The molecule has 104 valence electrons. The Bertz CT molecular complexity index is 555. The molecule has 0 fully saturated rings. The molecule has 0 bridgehead atoms. The number of benzene rings is 1. The van der Waals surface area contributed by atoms with E-state index in [0.29, 0.717) is 5.69 Å². The first-order valence-electron chi connectivity index (χ1n) is 6.45. The van der Waals surface area contributed by atoms with Gasteiger partial charge in [-0.15, -0.1) is 0 Å². The molecule has 1 aromatic heterocycles.